The smallest absolute Gasteiger partial charge is 0.339 e. The fourth-order valence-electron chi connectivity index (χ4n) is 8.56. The Bertz CT molecular complexity index is 1790. The molecule has 60 heavy (non-hydrogen) atoms. The standard InChI is InChI=1S/C50H68N2O8/c1-31(2)51(32(3)4)45(29-39(37-19-15-13-16-20-37)41-27-35(9)23-25-43(41)57-11)59-49(55)47(53)48(54)50(56)60-46(52(33(5)6)34(7)8)30-40(38-21-17-14-18-22-38)42-28-36(10)24-26-44(42)58-12/h13-28,31-34,39-40,45-48,53-54H,29-30H2,1-12H3/t39-,40-,45?,46?,47?,48?/m1/s1. The van der Waals surface area contributed by atoms with E-state index in [1.165, 1.54) is 0 Å². The second-order valence-corrected chi connectivity index (χ2v) is 16.8. The van der Waals surface area contributed by atoms with Gasteiger partial charge < -0.3 is 29.2 Å². The topological polar surface area (TPSA) is 118 Å². The number of rotatable bonds is 21. The number of esters is 2. The van der Waals surface area contributed by atoms with E-state index in [-0.39, 0.29) is 36.0 Å². The maximum atomic E-state index is 14.1. The first-order valence-corrected chi connectivity index (χ1v) is 21.2. The number of carbonyl (C=O) groups excluding carboxylic acids is 2. The quantitative estimate of drug-likeness (QED) is 0.0624. The third-order valence-corrected chi connectivity index (χ3v) is 11.1. The number of hydrogen-bond donors (Lipinski definition) is 2. The number of benzene rings is 4. The molecule has 0 bridgehead atoms. The molecule has 326 valence electrons. The summed E-state index contributed by atoms with van der Waals surface area (Å²) in [6, 6.07) is 31.6. The minimum absolute atomic E-state index is 0.0749. The highest BCUT2D eigenvalue weighted by Gasteiger charge is 2.40. The zero-order valence-electron chi connectivity index (χ0n) is 37.7. The molecule has 0 aliphatic heterocycles. The molecule has 2 N–H and O–H groups in total. The predicted octanol–water partition coefficient (Wildman–Crippen LogP) is 8.76. The number of nitrogens with zero attached hydrogens (tertiary/aromatic N) is 2. The fourth-order valence-corrected chi connectivity index (χ4v) is 8.56. The van der Waals surface area contributed by atoms with Crippen LogP contribution < -0.4 is 9.47 Å². The van der Waals surface area contributed by atoms with E-state index in [2.05, 4.69) is 21.9 Å². The van der Waals surface area contributed by atoms with Gasteiger partial charge in [-0.05, 0) is 92.5 Å². The minimum atomic E-state index is -2.22. The van der Waals surface area contributed by atoms with Crippen molar-refractivity contribution < 1.29 is 38.7 Å². The zero-order valence-corrected chi connectivity index (χ0v) is 37.7. The van der Waals surface area contributed by atoms with Crippen LogP contribution in [-0.4, -0.2) is 95.0 Å². The molecule has 0 fully saturated rings. The largest absolute Gasteiger partial charge is 0.496 e. The van der Waals surface area contributed by atoms with Gasteiger partial charge in [-0.3, -0.25) is 9.80 Å². The average Bonchev–Trinajstić information content (AvgIpc) is 3.21. The van der Waals surface area contributed by atoms with Crippen LogP contribution in [0.2, 0.25) is 0 Å². The summed E-state index contributed by atoms with van der Waals surface area (Å²) in [4.78, 5) is 32.2. The third-order valence-electron chi connectivity index (χ3n) is 11.1. The molecule has 0 aromatic heterocycles. The zero-order chi connectivity index (χ0) is 44.3. The molecule has 10 nitrogen and oxygen atoms in total. The van der Waals surface area contributed by atoms with Gasteiger partial charge in [-0.25, -0.2) is 9.59 Å². The number of aliphatic hydroxyl groups is 2. The normalized spacial score (nSPS) is 14.9. The molecule has 6 atom stereocenters. The van der Waals surface area contributed by atoms with Gasteiger partial charge in [-0.1, -0.05) is 96.1 Å². The van der Waals surface area contributed by atoms with Crippen molar-refractivity contribution in [3.63, 3.8) is 0 Å². The van der Waals surface area contributed by atoms with E-state index in [1.54, 1.807) is 14.2 Å². The molecule has 0 heterocycles. The molecule has 0 aliphatic carbocycles. The highest BCUT2D eigenvalue weighted by Crippen LogP contribution is 2.39. The van der Waals surface area contributed by atoms with Crippen molar-refractivity contribution in [1.29, 1.82) is 0 Å². The first-order chi connectivity index (χ1) is 28.5. The van der Waals surface area contributed by atoms with Gasteiger partial charge >= 0.3 is 11.9 Å². The summed E-state index contributed by atoms with van der Waals surface area (Å²) in [6.45, 7) is 20.1. The van der Waals surface area contributed by atoms with Gasteiger partial charge in [-0.15, -0.1) is 0 Å². The molecule has 4 rings (SSSR count). The first kappa shape index (κ1) is 47.9. The van der Waals surface area contributed by atoms with Gasteiger partial charge in [0.2, 0.25) is 0 Å². The molecule has 0 radical (unpaired) electrons. The summed E-state index contributed by atoms with van der Waals surface area (Å²) in [6.07, 6.45) is -5.60. The van der Waals surface area contributed by atoms with E-state index in [9.17, 15) is 19.8 Å². The van der Waals surface area contributed by atoms with Crippen LogP contribution >= 0.6 is 0 Å². The van der Waals surface area contributed by atoms with Crippen molar-refractivity contribution in [3.05, 3.63) is 130 Å². The van der Waals surface area contributed by atoms with Crippen LogP contribution in [0.3, 0.4) is 0 Å². The molecular formula is C50H68N2O8. The van der Waals surface area contributed by atoms with Crippen LogP contribution in [0.5, 0.6) is 11.5 Å². The van der Waals surface area contributed by atoms with Gasteiger partial charge in [0.25, 0.3) is 0 Å². The monoisotopic (exact) mass is 824 g/mol. The Kier molecular flexibility index (Phi) is 17.7. The summed E-state index contributed by atoms with van der Waals surface area (Å²) in [5, 5.41) is 22.9. The number of aliphatic hydroxyl groups excluding tert-OH is 2. The second kappa shape index (κ2) is 22.2. The third kappa shape index (κ3) is 12.2. The first-order valence-electron chi connectivity index (χ1n) is 21.2. The van der Waals surface area contributed by atoms with E-state index in [1.807, 2.05) is 154 Å². The molecule has 0 aliphatic rings. The van der Waals surface area contributed by atoms with Crippen molar-refractivity contribution in [2.24, 2.45) is 0 Å². The molecule has 4 unspecified atom stereocenters. The van der Waals surface area contributed by atoms with E-state index in [0.717, 1.165) is 33.4 Å². The lowest BCUT2D eigenvalue weighted by Gasteiger charge is -2.40. The lowest BCUT2D eigenvalue weighted by molar-refractivity contribution is -0.193. The molecule has 0 spiro atoms. The van der Waals surface area contributed by atoms with Crippen LogP contribution in [-0.2, 0) is 19.1 Å². The van der Waals surface area contributed by atoms with Crippen molar-refractivity contribution in [1.82, 2.24) is 9.80 Å². The second-order valence-electron chi connectivity index (χ2n) is 16.8. The number of aryl methyl sites for hydroxylation is 2. The molecule has 0 saturated heterocycles. The van der Waals surface area contributed by atoms with Crippen molar-refractivity contribution in [3.8, 4) is 11.5 Å². The maximum Gasteiger partial charge on any atom is 0.339 e. The molecule has 4 aromatic carbocycles. The Hall–Kier alpha value is -4.74. The van der Waals surface area contributed by atoms with Crippen LogP contribution in [0.1, 0.15) is 113 Å². The van der Waals surface area contributed by atoms with E-state index >= 15 is 0 Å². The van der Waals surface area contributed by atoms with Gasteiger partial charge in [-0.2, -0.15) is 0 Å². The lowest BCUT2D eigenvalue weighted by atomic mass is 9.86. The summed E-state index contributed by atoms with van der Waals surface area (Å²) in [7, 11) is 3.26. The Balaban J connectivity index is 1.68. The number of hydrogen-bond acceptors (Lipinski definition) is 10. The fraction of sp³-hybridized carbons (Fsp3) is 0.480. The molecule has 4 aromatic rings. The van der Waals surface area contributed by atoms with Crippen LogP contribution in [0.4, 0.5) is 0 Å². The lowest BCUT2D eigenvalue weighted by Crippen LogP contribution is -2.52. The number of carbonyl (C=O) groups is 2. The number of methoxy groups -OCH3 is 2. The summed E-state index contributed by atoms with van der Waals surface area (Å²) in [5.41, 5.74) is 5.90. The van der Waals surface area contributed by atoms with E-state index in [4.69, 9.17) is 18.9 Å². The highest BCUT2D eigenvalue weighted by atomic mass is 16.6. The van der Waals surface area contributed by atoms with Crippen LogP contribution in [0, 0.1) is 13.8 Å². The molecule has 0 amide bonds. The Morgan fingerprint density at radius 3 is 1.12 bits per heavy atom. The van der Waals surface area contributed by atoms with Gasteiger partial charge in [0.15, 0.2) is 24.7 Å². The molecular weight excluding hydrogens is 757 g/mol. The molecule has 10 heteroatoms. The maximum absolute atomic E-state index is 14.1. The summed E-state index contributed by atoms with van der Waals surface area (Å²) < 4.78 is 24.1. The van der Waals surface area contributed by atoms with E-state index < -0.39 is 36.6 Å². The summed E-state index contributed by atoms with van der Waals surface area (Å²) in [5.74, 6) is -1.44. The van der Waals surface area contributed by atoms with Crippen molar-refractivity contribution in [2.75, 3.05) is 14.2 Å². The van der Waals surface area contributed by atoms with Gasteiger partial charge in [0.05, 0.1) is 14.2 Å². The minimum Gasteiger partial charge on any atom is -0.496 e. The average molecular weight is 825 g/mol. The van der Waals surface area contributed by atoms with Crippen molar-refractivity contribution in [2.45, 2.75) is 143 Å². The van der Waals surface area contributed by atoms with Crippen LogP contribution in [0.15, 0.2) is 97.1 Å². The van der Waals surface area contributed by atoms with Crippen molar-refractivity contribution >= 4 is 11.9 Å². The van der Waals surface area contributed by atoms with Crippen LogP contribution in [0.25, 0.3) is 0 Å². The predicted molar refractivity (Wildman–Crippen MR) is 237 cm³/mol. The Morgan fingerprint density at radius 1 is 0.517 bits per heavy atom. The highest BCUT2D eigenvalue weighted by molar-refractivity contribution is 5.85. The summed E-state index contributed by atoms with van der Waals surface area (Å²) >= 11 is 0. The SMILES string of the molecule is COc1ccc(C)cc1[C@H](CC(OC(=O)C(O)C(O)C(=O)OC(C[C@H](c1ccccc1)c1cc(C)ccc1OC)N(C(C)C)C(C)C)N(C(C)C)C(C)C)c1ccccc1. The molecule has 0 saturated carbocycles. The van der Waals surface area contributed by atoms with Gasteiger partial charge in [0, 0.05) is 60.0 Å². The van der Waals surface area contributed by atoms with E-state index in [0.29, 0.717) is 24.3 Å². The Labute approximate surface area is 358 Å². The van der Waals surface area contributed by atoms with Gasteiger partial charge in [0.1, 0.15) is 11.5 Å². The Morgan fingerprint density at radius 2 is 0.833 bits per heavy atom. The number of ether oxygens (including phenoxy) is 4.